The Morgan fingerprint density at radius 3 is 2.67 bits per heavy atom. The summed E-state index contributed by atoms with van der Waals surface area (Å²) in [7, 11) is 1.16. The number of alkyl carbamates (subject to hydrolysis) is 1. The van der Waals surface area contributed by atoms with Crippen molar-refractivity contribution in [3.8, 4) is 5.75 Å². The van der Waals surface area contributed by atoms with Crippen LogP contribution in [0.1, 0.15) is 5.56 Å². The van der Waals surface area contributed by atoms with E-state index < -0.39 is 18.1 Å². The predicted octanol–water partition coefficient (Wildman–Crippen LogP) is 1.35. The van der Waals surface area contributed by atoms with Crippen molar-refractivity contribution >= 4 is 34.7 Å². The average molecular weight is 365 g/mol. The lowest BCUT2D eigenvalue weighted by Crippen LogP contribution is -2.42. The summed E-state index contributed by atoms with van der Waals surface area (Å²) in [4.78, 5) is 22.0. The number of carboxylic acid groups (broad SMARTS) is 1. The molecule has 7 heteroatoms. The number of benzene rings is 1. The normalized spacial score (nSPS) is 11.7. The minimum Gasteiger partial charge on any atom is -0.507 e. The number of phenolic OH excluding ortho intramolecular Hbond substituents is 1. The molecular weight excluding hydrogens is 353 g/mol. The lowest BCUT2D eigenvalue weighted by molar-refractivity contribution is -0.139. The summed E-state index contributed by atoms with van der Waals surface area (Å²) in [5, 5.41) is 20.6. The molecule has 0 radical (unpaired) electrons. The van der Waals surface area contributed by atoms with Crippen LogP contribution in [0.4, 0.5) is 4.79 Å². The zero-order valence-corrected chi connectivity index (χ0v) is 11.7. The molecule has 1 rings (SSSR count). The molecule has 1 aromatic rings. The van der Waals surface area contributed by atoms with E-state index in [1.54, 1.807) is 12.1 Å². The number of aliphatic carboxylic acids is 1. The molecule has 0 fully saturated rings. The first-order valence-electron chi connectivity index (χ1n) is 4.98. The summed E-state index contributed by atoms with van der Waals surface area (Å²) in [6, 6.07) is 3.67. The Hall–Kier alpha value is -1.51. The maximum atomic E-state index is 11.0. The van der Waals surface area contributed by atoms with E-state index in [0.717, 1.165) is 7.11 Å². The van der Waals surface area contributed by atoms with Crippen molar-refractivity contribution in [1.82, 2.24) is 5.32 Å². The zero-order chi connectivity index (χ0) is 13.7. The summed E-state index contributed by atoms with van der Waals surface area (Å²) in [6.45, 7) is 0. The molecule has 18 heavy (non-hydrogen) atoms. The highest BCUT2D eigenvalue weighted by molar-refractivity contribution is 14.1. The number of carboxylic acids is 1. The van der Waals surface area contributed by atoms with Crippen LogP contribution < -0.4 is 5.32 Å². The largest absolute Gasteiger partial charge is 0.507 e. The molecule has 0 heterocycles. The van der Waals surface area contributed by atoms with Gasteiger partial charge in [-0.3, -0.25) is 0 Å². The third-order valence-electron chi connectivity index (χ3n) is 2.23. The van der Waals surface area contributed by atoms with Crippen molar-refractivity contribution in [2.24, 2.45) is 0 Å². The third-order valence-corrected chi connectivity index (χ3v) is 3.09. The molecule has 6 nitrogen and oxygen atoms in total. The molecule has 0 bridgehead atoms. The van der Waals surface area contributed by atoms with Crippen LogP contribution in [-0.4, -0.2) is 35.4 Å². The summed E-state index contributed by atoms with van der Waals surface area (Å²) in [5.41, 5.74) is 0.695. The van der Waals surface area contributed by atoms with Crippen LogP contribution in [0.5, 0.6) is 5.75 Å². The van der Waals surface area contributed by atoms with Crippen molar-refractivity contribution < 1.29 is 24.5 Å². The predicted molar refractivity (Wildman–Crippen MR) is 71.5 cm³/mol. The summed E-state index contributed by atoms with van der Waals surface area (Å²) < 4.78 is 4.97. The van der Waals surface area contributed by atoms with Gasteiger partial charge in [-0.25, -0.2) is 9.59 Å². The molecule has 0 aliphatic heterocycles. The number of aromatic hydroxyl groups is 1. The maximum absolute atomic E-state index is 11.0. The molecule has 0 saturated heterocycles. The lowest BCUT2D eigenvalue weighted by atomic mass is 10.1. The molecule has 1 atom stereocenters. The Labute approximate surface area is 117 Å². The van der Waals surface area contributed by atoms with Gasteiger partial charge >= 0.3 is 12.1 Å². The van der Waals surface area contributed by atoms with Gasteiger partial charge in [0.05, 0.1) is 10.7 Å². The second-order valence-corrected chi connectivity index (χ2v) is 4.68. The van der Waals surface area contributed by atoms with Crippen molar-refractivity contribution in [1.29, 1.82) is 0 Å². The molecule has 1 unspecified atom stereocenters. The molecule has 98 valence electrons. The highest BCUT2D eigenvalue weighted by atomic mass is 127. The van der Waals surface area contributed by atoms with Crippen molar-refractivity contribution in [2.75, 3.05) is 7.11 Å². The Balaban J connectivity index is 2.80. The summed E-state index contributed by atoms with van der Waals surface area (Å²) >= 11 is 1.94. The van der Waals surface area contributed by atoms with Crippen molar-refractivity contribution in [2.45, 2.75) is 12.5 Å². The van der Waals surface area contributed by atoms with E-state index in [4.69, 9.17) is 5.11 Å². The maximum Gasteiger partial charge on any atom is 0.407 e. The fourth-order valence-electron chi connectivity index (χ4n) is 1.31. The summed E-state index contributed by atoms with van der Waals surface area (Å²) in [5.74, 6) is -1.02. The number of nitrogens with one attached hydrogen (secondary N) is 1. The number of carbonyl (C=O) groups is 2. The van der Waals surface area contributed by atoms with Crippen LogP contribution in [0.15, 0.2) is 18.2 Å². The molecule has 0 spiro atoms. The monoisotopic (exact) mass is 365 g/mol. The first-order valence-corrected chi connectivity index (χ1v) is 6.06. The second kappa shape index (κ2) is 6.43. The van der Waals surface area contributed by atoms with Gasteiger partial charge in [-0.2, -0.15) is 0 Å². The van der Waals surface area contributed by atoms with Gasteiger partial charge in [0, 0.05) is 6.42 Å². The molecule has 3 N–H and O–H groups in total. The van der Waals surface area contributed by atoms with Crippen molar-refractivity contribution in [3.05, 3.63) is 27.3 Å². The minimum absolute atomic E-state index is 0.112. The van der Waals surface area contributed by atoms with Crippen LogP contribution in [0.25, 0.3) is 0 Å². The van der Waals surface area contributed by atoms with Gasteiger partial charge in [0.1, 0.15) is 11.8 Å². The Morgan fingerprint density at radius 2 is 2.17 bits per heavy atom. The molecule has 0 aromatic heterocycles. The van der Waals surface area contributed by atoms with Gasteiger partial charge in [-0.15, -0.1) is 0 Å². The van der Waals surface area contributed by atoms with E-state index in [2.05, 4.69) is 10.1 Å². The van der Waals surface area contributed by atoms with Gasteiger partial charge in [-0.1, -0.05) is 6.07 Å². The van der Waals surface area contributed by atoms with E-state index in [-0.39, 0.29) is 12.2 Å². The van der Waals surface area contributed by atoms with Gasteiger partial charge in [0.25, 0.3) is 0 Å². The van der Waals surface area contributed by atoms with Crippen LogP contribution >= 0.6 is 22.6 Å². The average Bonchev–Trinajstić information content (AvgIpc) is 2.32. The lowest BCUT2D eigenvalue weighted by Gasteiger charge is -2.13. The fraction of sp³-hybridized carbons (Fsp3) is 0.273. The van der Waals surface area contributed by atoms with Gasteiger partial charge in [0.2, 0.25) is 0 Å². The minimum atomic E-state index is -1.15. The van der Waals surface area contributed by atoms with E-state index in [1.807, 2.05) is 22.6 Å². The molecule has 1 amide bonds. The number of rotatable bonds is 4. The van der Waals surface area contributed by atoms with Crippen LogP contribution in [0.3, 0.4) is 0 Å². The van der Waals surface area contributed by atoms with Crippen LogP contribution in [0.2, 0.25) is 0 Å². The van der Waals surface area contributed by atoms with Crippen LogP contribution in [0, 0.1) is 3.57 Å². The van der Waals surface area contributed by atoms with Gasteiger partial charge in [0.15, 0.2) is 0 Å². The van der Waals surface area contributed by atoms with Crippen molar-refractivity contribution in [3.63, 3.8) is 0 Å². The highest BCUT2D eigenvalue weighted by Gasteiger charge is 2.20. The van der Waals surface area contributed by atoms with Crippen LogP contribution in [-0.2, 0) is 16.0 Å². The number of amides is 1. The topological polar surface area (TPSA) is 95.9 Å². The number of methoxy groups -OCH3 is 1. The SMILES string of the molecule is COC(=O)NC(Cc1ccc(O)c(I)c1)C(=O)O. The van der Waals surface area contributed by atoms with E-state index >= 15 is 0 Å². The highest BCUT2D eigenvalue weighted by Crippen LogP contribution is 2.20. The molecule has 0 aliphatic carbocycles. The number of hydrogen-bond donors (Lipinski definition) is 3. The quantitative estimate of drug-likeness (QED) is 0.700. The molecular formula is C11H12INO5. The Bertz CT molecular complexity index is 463. The van der Waals surface area contributed by atoms with E-state index in [1.165, 1.54) is 6.07 Å². The number of carbonyl (C=O) groups excluding carboxylic acids is 1. The Kier molecular flexibility index (Phi) is 5.20. The molecule has 1 aromatic carbocycles. The molecule has 0 aliphatic rings. The smallest absolute Gasteiger partial charge is 0.407 e. The number of halogens is 1. The number of hydrogen-bond acceptors (Lipinski definition) is 4. The van der Waals surface area contributed by atoms with Gasteiger partial charge < -0.3 is 20.3 Å². The van der Waals surface area contributed by atoms with E-state index in [9.17, 15) is 14.7 Å². The number of ether oxygens (including phenoxy) is 1. The Morgan fingerprint density at radius 1 is 1.50 bits per heavy atom. The third kappa shape index (κ3) is 4.06. The molecule has 0 saturated carbocycles. The van der Waals surface area contributed by atoms with E-state index in [0.29, 0.717) is 9.13 Å². The first-order chi connectivity index (χ1) is 8.43. The number of phenols is 1. The second-order valence-electron chi connectivity index (χ2n) is 3.52. The first kappa shape index (κ1) is 14.6. The zero-order valence-electron chi connectivity index (χ0n) is 9.51. The van der Waals surface area contributed by atoms with Gasteiger partial charge in [-0.05, 0) is 40.3 Å². The fourth-order valence-corrected chi connectivity index (χ4v) is 1.89. The standard InChI is InChI=1S/C11H12INO5/c1-18-11(17)13-8(10(15)16)5-6-2-3-9(14)7(12)4-6/h2-4,8,14H,5H2,1H3,(H,13,17)(H,15,16). The summed E-state index contributed by atoms with van der Waals surface area (Å²) in [6.07, 6.45) is -0.684.